The molecule has 8 heteroatoms. The summed E-state index contributed by atoms with van der Waals surface area (Å²) in [6, 6.07) is 6.30. The molecule has 2 aromatic rings. The first-order valence-electron chi connectivity index (χ1n) is 5.28. The molecule has 19 heavy (non-hydrogen) atoms. The van der Waals surface area contributed by atoms with Crippen molar-refractivity contribution in [1.82, 2.24) is 14.7 Å². The first-order chi connectivity index (χ1) is 8.99. The Morgan fingerprint density at radius 3 is 2.79 bits per heavy atom. The Labute approximate surface area is 119 Å². The zero-order chi connectivity index (χ0) is 13.9. The standard InChI is InChI=1S/C11H11BrN4O2S/c12-8-1-2-10(13)11(5-8)19(17,18)16-6-9-3-4-14-7-15-9/h1-5,7,16H,6,13H2. The molecule has 0 fully saturated rings. The summed E-state index contributed by atoms with van der Waals surface area (Å²) in [7, 11) is -3.68. The number of aromatic nitrogens is 2. The molecule has 2 rings (SSSR count). The van der Waals surface area contributed by atoms with Crippen LogP contribution in [0.4, 0.5) is 5.69 Å². The van der Waals surface area contributed by atoms with Crippen LogP contribution in [-0.2, 0) is 16.6 Å². The van der Waals surface area contributed by atoms with Gasteiger partial charge in [0.2, 0.25) is 10.0 Å². The van der Waals surface area contributed by atoms with E-state index < -0.39 is 10.0 Å². The van der Waals surface area contributed by atoms with Gasteiger partial charge in [0.25, 0.3) is 0 Å². The van der Waals surface area contributed by atoms with Gasteiger partial charge in [-0.2, -0.15) is 0 Å². The summed E-state index contributed by atoms with van der Waals surface area (Å²) >= 11 is 3.22. The Kier molecular flexibility index (Phi) is 4.13. The van der Waals surface area contributed by atoms with E-state index in [1.165, 1.54) is 18.5 Å². The molecule has 100 valence electrons. The molecule has 0 bridgehead atoms. The van der Waals surface area contributed by atoms with Crippen LogP contribution >= 0.6 is 15.9 Å². The van der Waals surface area contributed by atoms with Gasteiger partial charge in [-0.15, -0.1) is 0 Å². The highest BCUT2D eigenvalue weighted by Gasteiger charge is 2.17. The van der Waals surface area contributed by atoms with Gasteiger partial charge < -0.3 is 5.73 Å². The number of nitrogens with one attached hydrogen (secondary N) is 1. The fourth-order valence-electron chi connectivity index (χ4n) is 1.41. The summed E-state index contributed by atoms with van der Waals surface area (Å²) in [5, 5.41) is 0. The van der Waals surface area contributed by atoms with Gasteiger partial charge in [-0.25, -0.2) is 23.1 Å². The molecule has 1 aromatic carbocycles. The highest BCUT2D eigenvalue weighted by atomic mass is 79.9. The number of nitrogen functional groups attached to an aromatic ring is 1. The monoisotopic (exact) mass is 342 g/mol. The van der Waals surface area contributed by atoms with Crippen molar-refractivity contribution in [3.8, 4) is 0 Å². The number of rotatable bonds is 4. The van der Waals surface area contributed by atoms with Crippen LogP contribution in [0.2, 0.25) is 0 Å². The van der Waals surface area contributed by atoms with Crippen LogP contribution in [0.15, 0.2) is 46.2 Å². The summed E-state index contributed by atoms with van der Waals surface area (Å²) in [5.41, 5.74) is 6.45. The fourth-order valence-corrected chi connectivity index (χ4v) is 3.08. The molecule has 0 radical (unpaired) electrons. The SMILES string of the molecule is Nc1ccc(Br)cc1S(=O)(=O)NCc1ccncn1. The van der Waals surface area contributed by atoms with Crippen molar-refractivity contribution in [3.05, 3.63) is 47.0 Å². The Hall–Kier alpha value is -1.51. The van der Waals surface area contributed by atoms with Gasteiger partial charge in [0.05, 0.1) is 17.9 Å². The predicted molar refractivity (Wildman–Crippen MR) is 74.6 cm³/mol. The summed E-state index contributed by atoms with van der Waals surface area (Å²) in [6.07, 6.45) is 2.90. The van der Waals surface area contributed by atoms with E-state index in [-0.39, 0.29) is 17.1 Å². The number of sulfonamides is 1. The van der Waals surface area contributed by atoms with Gasteiger partial charge >= 0.3 is 0 Å². The van der Waals surface area contributed by atoms with Gasteiger partial charge in [-0.05, 0) is 24.3 Å². The number of hydrogen-bond acceptors (Lipinski definition) is 5. The molecular weight excluding hydrogens is 332 g/mol. The van der Waals surface area contributed by atoms with Gasteiger partial charge in [0.1, 0.15) is 11.2 Å². The Balaban J connectivity index is 2.21. The van der Waals surface area contributed by atoms with Gasteiger partial charge in [0, 0.05) is 10.7 Å². The maximum Gasteiger partial charge on any atom is 0.243 e. The summed E-state index contributed by atoms with van der Waals surface area (Å²) < 4.78 is 27.3. The minimum atomic E-state index is -3.68. The summed E-state index contributed by atoms with van der Waals surface area (Å²) in [5.74, 6) is 0. The van der Waals surface area contributed by atoms with Gasteiger partial charge in [-0.1, -0.05) is 15.9 Å². The molecule has 0 amide bonds. The first kappa shape index (κ1) is 13.9. The molecule has 0 aliphatic rings. The van der Waals surface area contributed by atoms with E-state index in [1.807, 2.05) is 0 Å². The summed E-state index contributed by atoms with van der Waals surface area (Å²) in [6.45, 7) is 0.0802. The van der Waals surface area contributed by atoms with Crippen LogP contribution in [0.5, 0.6) is 0 Å². The van der Waals surface area contributed by atoms with E-state index in [2.05, 4.69) is 30.6 Å². The normalized spacial score (nSPS) is 11.4. The van der Waals surface area contributed by atoms with Crippen LogP contribution in [-0.4, -0.2) is 18.4 Å². The minimum Gasteiger partial charge on any atom is -0.398 e. The Bertz CT molecular complexity index is 676. The Morgan fingerprint density at radius 2 is 2.11 bits per heavy atom. The van der Waals surface area contributed by atoms with Crippen LogP contribution in [0, 0.1) is 0 Å². The van der Waals surface area contributed by atoms with Crippen LogP contribution in [0.25, 0.3) is 0 Å². The molecule has 0 saturated heterocycles. The lowest BCUT2D eigenvalue weighted by Gasteiger charge is -2.09. The maximum atomic E-state index is 12.1. The highest BCUT2D eigenvalue weighted by molar-refractivity contribution is 9.10. The molecular formula is C11H11BrN4O2S. The third-order valence-electron chi connectivity index (χ3n) is 2.35. The van der Waals surface area contributed by atoms with E-state index in [0.717, 1.165) is 0 Å². The Morgan fingerprint density at radius 1 is 1.32 bits per heavy atom. The first-order valence-corrected chi connectivity index (χ1v) is 7.56. The van der Waals surface area contributed by atoms with E-state index in [9.17, 15) is 8.42 Å². The van der Waals surface area contributed by atoms with Crippen molar-refractivity contribution < 1.29 is 8.42 Å². The number of benzene rings is 1. The van der Waals surface area contributed by atoms with E-state index in [1.54, 1.807) is 18.3 Å². The van der Waals surface area contributed by atoms with Crippen molar-refractivity contribution in [3.63, 3.8) is 0 Å². The maximum absolute atomic E-state index is 12.1. The topological polar surface area (TPSA) is 98.0 Å². The number of nitrogens with two attached hydrogens (primary N) is 1. The molecule has 6 nitrogen and oxygen atoms in total. The third kappa shape index (κ3) is 3.49. The van der Waals surface area contributed by atoms with Crippen LogP contribution in [0.1, 0.15) is 5.69 Å². The lowest BCUT2D eigenvalue weighted by molar-refractivity contribution is 0.580. The molecule has 1 heterocycles. The van der Waals surface area contributed by atoms with Crippen molar-refractivity contribution in [2.45, 2.75) is 11.4 Å². The number of hydrogen-bond donors (Lipinski definition) is 2. The van der Waals surface area contributed by atoms with Gasteiger partial charge in [-0.3, -0.25) is 0 Å². The molecule has 1 aromatic heterocycles. The molecule has 0 aliphatic carbocycles. The quantitative estimate of drug-likeness (QED) is 0.816. The average molecular weight is 343 g/mol. The second-order valence-electron chi connectivity index (χ2n) is 3.71. The average Bonchev–Trinajstić information content (AvgIpc) is 2.40. The fraction of sp³-hybridized carbons (Fsp3) is 0.0909. The molecule has 0 unspecified atom stereocenters. The molecule has 0 saturated carbocycles. The van der Waals surface area contributed by atoms with E-state index >= 15 is 0 Å². The molecule has 3 N–H and O–H groups in total. The van der Waals surface area contributed by atoms with Crippen molar-refractivity contribution in [2.24, 2.45) is 0 Å². The zero-order valence-electron chi connectivity index (χ0n) is 9.75. The molecule has 0 spiro atoms. The van der Waals surface area contributed by atoms with Crippen LogP contribution < -0.4 is 10.5 Å². The van der Waals surface area contributed by atoms with E-state index in [4.69, 9.17) is 5.73 Å². The van der Waals surface area contributed by atoms with E-state index in [0.29, 0.717) is 10.2 Å². The second kappa shape index (κ2) is 5.64. The number of nitrogens with zero attached hydrogens (tertiary/aromatic N) is 2. The molecule has 0 aliphatic heterocycles. The largest absolute Gasteiger partial charge is 0.398 e. The number of halogens is 1. The third-order valence-corrected chi connectivity index (χ3v) is 4.30. The lowest BCUT2D eigenvalue weighted by atomic mass is 10.3. The van der Waals surface area contributed by atoms with Crippen molar-refractivity contribution in [2.75, 3.05) is 5.73 Å². The minimum absolute atomic E-state index is 0.0379. The van der Waals surface area contributed by atoms with Crippen molar-refractivity contribution >= 4 is 31.6 Å². The van der Waals surface area contributed by atoms with Crippen LogP contribution in [0.3, 0.4) is 0 Å². The lowest BCUT2D eigenvalue weighted by Crippen LogP contribution is -2.24. The molecule has 0 atom stereocenters. The number of anilines is 1. The second-order valence-corrected chi connectivity index (χ2v) is 6.36. The van der Waals surface area contributed by atoms with Gasteiger partial charge in [0.15, 0.2) is 0 Å². The highest BCUT2D eigenvalue weighted by Crippen LogP contribution is 2.22. The zero-order valence-corrected chi connectivity index (χ0v) is 12.1. The summed E-state index contributed by atoms with van der Waals surface area (Å²) in [4.78, 5) is 7.73. The van der Waals surface area contributed by atoms with Crippen molar-refractivity contribution in [1.29, 1.82) is 0 Å². The smallest absolute Gasteiger partial charge is 0.243 e. The predicted octanol–water partition coefficient (Wildman–Crippen LogP) is 1.30.